The number of fused-ring (bicyclic) bond motifs is 3. The highest BCUT2D eigenvalue weighted by molar-refractivity contribution is 5.85. The standard InChI is InChI=1S/C31H46N4O4/c1-2-3-4-13-30(37)35-23-27-10-5-6-12-28(27)39-20-9-11-26-22-34(31(38)24-35)18-14-25(26)21-29(36)32-15-19-33-16-7-8-17-33/h5-6,9-12,25-26H,2-4,7-8,13-24H2,1H3,(H,32,36)/t25-,26-/m0/s1. The predicted octanol–water partition coefficient (Wildman–Crippen LogP) is 3.61. The summed E-state index contributed by atoms with van der Waals surface area (Å²) < 4.78 is 6.10. The third-order valence-electron chi connectivity index (χ3n) is 8.28. The van der Waals surface area contributed by atoms with Crippen LogP contribution in [0, 0.1) is 11.8 Å². The highest BCUT2D eigenvalue weighted by Gasteiger charge is 2.32. The number of para-hydroxylation sites is 1. The number of amides is 3. The Kier molecular flexibility index (Phi) is 11.2. The maximum Gasteiger partial charge on any atom is 0.242 e. The van der Waals surface area contributed by atoms with Crippen LogP contribution in [0.5, 0.6) is 5.75 Å². The molecule has 0 spiro atoms. The molecule has 1 aromatic rings. The van der Waals surface area contributed by atoms with Gasteiger partial charge in [0.2, 0.25) is 17.7 Å². The van der Waals surface area contributed by atoms with E-state index in [4.69, 9.17) is 4.74 Å². The number of piperidine rings is 1. The molecular weight excluding hydrogens is 492 g/mol. The maximum atomic E-state index is 13.5. The maximum absolute atomic E-state index is 13.5. The molecule has 2 atom stereocenters. The van der Waals surface area contributed by atoms with Gasteiger partial charge in [-0.1, -0.05) is 50.1 Å². The molecular formula is C31H46N4O4. The minimum atomic E-state index is -0.0246. The smallest absolute Gasteiger partial charge is 0.242 e. The molecule has 1 N–H and O–H groups in total. The summed E-state index contributed by atoms with van der Waals surface area (Å²) in [5.41, 5.74) is 0.906. The SMILES string of the molecule is CCCCCC(=O)N1CC(=O)N2CC[C@@H](CC(=O)NCCN3CCCC3)[C@@H](C=CCOc3ccccc3C1)C2. The van der Waals surface area contributed by atoms with Gasteiger partial charge in [0.05, 0.1) is 0 Å². The molecule has 4 rings (SSSR count). The Bertz CT molecular complexity index is 991. The van der Waals surface area contributed by atoms with Crippen molar-refractivity contribution in [3.63, 3.8) is 0 Å². The first-order chi connectivity index (χ1) is 19.0. The van der Waals surface area contributed by atoms with Crippen LogP contribution in [0.4, 0.5) is 0 Å². The lowest BCUT2D eigenvalue weighted by molar-refractivity contribution is -0.142. The van der Waals surface area contributed by atoms with Crippen molar-refractivity contribution >= 4 is 17.7 Å². The predicted molar refractivity (Wildman–Crippen MR) is 152 cm³/mol. The zero-order valence-electron chi connectivity index (χ0n) is 23.6. The van der Waals surface area contributed by atoms with Crippen molar-refractivity contribution in [2.75, 3.05) is 52.4 Å². The van der Waals surface area contributed by atoms with E-state index in [1.165, 1.54) is 12.8 Å². The molecule has 3 heterocycles. The normalized spacial score (nSPS) is 22.3. The summed E-state index contributed by atoms with van der Waals surface area (Å²) >= 11 is 0. The number of rotatable bonds is 9. The number of nitrogens with one attached hydrogen (secondary N) is 1. The number of carbonyl (C=O) groups excluding carboxylic acids is 3. The van der Waals surface area contributed by atoms with E-state index < -0.39 is 0 Å². The number of unbranched alkanes of at least 4 members (excludes halogenated alkanes) is 2. The van der Waals surface area contributed by atoms with E-state index in [0.717, 1.165) is 56.6 Å². The van der Waals surface area contributed by atoms with Gasteiger partial charge in [-0.3, -0.25) is 14.4 Å². The Morgan fingerprint density at radius 3 is 2.72 bits per heavy atom. The zero-order chi connectivity index (χ0) is 27.5. The largest absolute Gasteiger partial charge is 0.489 e. The van der Waals surface area contributed by atoms with E-state index in [1.807, 2.05) is 35.2 Å². The highest BCUT2D eigenvalue weighted by atomic mass is 16.5. The van der Waals surface area contributed by atoms with Crippen LogP contribution >= 0.6 is 0 Å². The Morgan fingerprint density at radius 2 is 1.90 bits per heavy atom. The second kappa shape index (κ2) is 15.1. The lowest BCUT2D eigenvalue weighted by Crippen LogP contribution is -2.48. The fourth-order valence-corrected chi connectivity index (χ4v) is 5.93. The quantitative estimate of drug-likeness (QED) is 0.384. The Morgan fingerprint density at radius 1 is 1.08 bits per heavy atom. The number of benzene rings is 1. The average Bonchev–Trinajstić information content (AvgIpc) is 3.45. The molecule has 214 valence electrons. The van der Waals surface area contributed by atoms with Crippen LogP contribution in [0.3, 0.4) is 0 Å². The number of carbonyl (C=O) groups is 3. The summed E-state index contributed by atoms with van der Waals surface area (Å²) in [6.45, 7) is 7.97. The van der Waals surface area contributed by atoms with Crippen LogP contribution in [0.2, 0.25) is 0 Å². The first kappa shape index (κ1) is 29.1. The van der Waals surface area contributed by atoms with E-state index in [-0.39, 0.29) is 36.1 Å². The van der Waals surface area contributed by atoms with Gasteiger partial charge < -0.3 is 24.8 Å². The first-order valence-electron chi connectivity index (χ1n) is 15.0. The average molecular weight is 539 g/mol. The summed E-state index contributed by atoms with van der Waals surface area (Å²) in [4.78, 5) is 45.4. The number of likely N-dealkylation sites (tertiary alicyclic amines) is 1. The molecule has 3 aliphatic heterocycles. The van der Waals surface area contributed by atoms with Crippen molar-refractivity contribution < 1.29 is 19.1 Å². The van der Waals surface area contributed by atoms with Crippen molar-refractivity contribution in [1.29, 1.82) is 0 Å². The molecule has 3 amide bonds. The molecule has 0 saturated carbocycles. The van der Waals surface area contributed by atoms with Gasteiger partial charge in [0, 0.05) is 51.1 Å². The monoisotopic (exact) mass is 538 g/mol. The van der Waals surface area contributed by atoms with Gasteiger partial charge in [-0.05, 0) is 56.7 Å². The van der Waals surface area contributed by atoms with Gasteiger partial charge in [-0.15, -0.1) is 0 Å². The van der Waals surface area contributed by atoms with E-state index in [9.17, 15) is 14.4 Å². The van der Waals surface area contributed by atoms with Crippen molar-refractivity contribution in [2.45, 2.75) is 64.8 Å². The van der Waals surface area contributed by atoms with Gasteiger partial charge in [-0.2, -0.15) is 0 Å². The molecule has 1 aromatic carbocycles. The molecule has 0 aromatic heterocycles. The van der Waals surface area contributed by atoms with Crippen LogP contribution in [0.15, 0.2) is 36.4 Å². The number of nitrogens with zero attached hydrogens (tertiary/aromatic N) is 3. The Labute approximate surface area is 233 Å². The summed E-state index contributed by atoms with van der Waals surface area (Å²) in [6, 6.07) is 7.75. The summed E-state index contributed by atoms with van der Waals surface area (Å²) in [6.07, 6.45) is 11.2. The van der Waals surface area contributed by atoms with E-state index in [2.05, 4.69) is 23.2 Å². The second-order valence-electron chi connectivity index (χ2n) is 11.2. The van der Waals surface area contributed by atoms with Gasteiger partial charge in [0.25, 0.3) is 0 Å². The third kappa shape index (κ3) is 8.82. The molecule has 2 fully saturated rings. The van der Waals surface area contributed by atoms with Gasteiger partial charge in [0.15, 0.2) is 0 Å². The zero-order valence-corrected chi connectivity index (χ0v) is 23.6. The van der Waals surface area contributed by atoms with E-state index in [0.29, 0.717) is 45.6 Å². The lowest BCUT2D eigenvalue weighted by Gasteiger charge is -2.38. The first-order valence-corrected chi connectivity index (χ1v) is 15.0. The highest BCUT2D eigenvalue weighted by Crippen LogP contribution is 2.29. The van der Waals surface area contributed by atoms with Crippen LogP contribution in [0.25, 0.3) is 0 Å². The van der Waals surface area contributed by atoms with Crippen LogP contribution in [-0.2, 0) is 20.9 Å². The molecule has 2 saturated heterocycles. The fraction of sp³-hybridized carbons (Fsp3) is 0.645. The van der Waals surface area contributed by atoms with Crippen molar-refractivity contribution in [3.8, 4) is 5.75 Å². The minimum Gasteiger partial charge on any atom is -0.489 e. The molecule has 0 unspecified atom stereocenters. The van der Waals surface area contributed by atoms with Crippen LogP contribution in [0.1, 0.15) is 63.9 Å². The van der Waals surface area contributed by atoms with Gasteiger partial charge >= 0.3 is 0 Å². The molecule has 3 aliphatic rings. The van der Waals surface area contributed by atoms with Gasteiger partial charge in [0.1, 0.15) is 18.9 Å². The third-order valence-corrected chi connectivity index (χ3v) is 8.28. The summed E-state index contributed by atoms with van der Waals surface area (Å²) in [5, 5.41) is 3.11. The molecule has 2 bridgehead atoms. The van der Waals surface area contributed by atoms with Gasteiger partial charge in [-0.25, -0.2) is 0 Å². The topological polar surface area (TPSA) is 82.2 Å². The summed E-state index contributed by atoms with van der Waals surface area (Å²) in [5.74, 6) is 1.04. The van der Waals surface area contributed by atoms with Crippen molar-refractivity contribution in [3.05, 3.63) is 42.0 Å². The molecule has 0 radical (unpaired) electrons. The second-order valence-corrected chi connectivity index (χ2v) is 11.2. The number of hydrogen-bond donors (Lipinski definition) is 1. The molecule has 8 nitrogen and oxygen atoms in total. The minimum absolute atomic E-state index is 0.0108. The Hall–Kier alpha value is -2.87. The van der Waals surface area contributed by atoms with E-state index in [1.54, 1.807) is 4.90 Å². The van der Waals surface area contributed by atoms with Crippen molar-refractivity contribution in [2.24, 2.45) is 11.8 Å². The van der Waals surface area contributed by atoms with Crippen molar-refractivity contribution in [1.82, 2.24) is 20.0 Å². The Balaban J connectivity index is 1.42. The molecule has 39 heavy (non-hydrogen) atoms. The molecule has 0 aliphatic carbocycles. The fourth-order valence-electron chi connectivity index (χ4n) is 5.93. The molecule has 8 heteroatoms. The summed E-state index contributed by atoms with van der Waals surface area (Å²) in [7, 11) is 0. The lowest BCUT2D eigenvalue weighted by atomic mass is 9.82. The number of hydrogen-bond acceptors (Lipinski definition) is 5. The van der Waals surface area contributed by atoms with Crippen LogP contribution in [-0.4, -0.2) is 84.8 Å². The van der Waals surface area contributed by atoms with E-state index >= 15 is 0 Å². The number of ether oxygens (including phenoxy) is 1. The van der Waals surface area contributed by atoms with Crippen LogP contribution < -0.4 is 10.1 Å².